The Kier molecular flexibility index (Phi) is 4.89. The van der Waals surface area contributed by atoms with Crippen LogP contribution in [0.5, 0.6) is 0 Å². The number of nitrogens with zero attached hydrogens (tertiary/aromatic N) is 1. The molecule has 21 heavy (non-hydrogen) atoms. The molecule has 0 aromatic heterocycles. The van der Waals surface area contributed by atoms with E-state index in [9.17, 15) is 0 Å². The molecule has 2 atom stereocenters. The molecule has 1 aliphatic heterocycles. The number of nitrogens with one attached hydrogen (secondary N) is 1. The van der Waals surface area contributed by atoms with Crippen molar-refractivity contribution < 1.29 is 0 Å². The average Bonchev–Trinajstić information content (AvgIpc) is 2.55. The number of para-hydroxylation sites is 1. The molecular weight excluding hydrogens is 276 g/mol. The Morgan fingerprint density at radius 1 is 1.14 bits per heavy atom. The maximum absolute atomic E-state index is 5.02. The molecule has 2 aliphatic rings. The maximum atomic E-state index is 5.02. The van der Waals surface area contributed by atoms with E-state index in [2.05, 4.69) is 37.4 Å². The lowest BCUT2D eigenvalue weighted by Crippen LogP contribution is -2.32. The highest BCUT2D eigenvalue weighted by Crippen LogP contribution is 2.35. The van der Waals surface area contributed by atoms with E-state index in [1.807, 2.05) is 11.8 Å². The third kappa shape index (κ3) is 3.28. The Hall–Kier alpha value is -0.960. The van der Waals surface area contributed by atoms with Crippen LogP contribution in [0.1, 0.15) is 50.7 Å². The largest absolute Gasteiger partial charge is 0.335 e. The first kappa shape index (κ1) is 15.0. The van der Waals surface area contributed by atoms with Gasteiger partial charge in [-0.25, -0.2) is 0 Å². The molecule has 1 saturated carbocycles. The molecule has 3 heteroatoms. The molecule has 2 unspecified atom stereocenters. The summed E-state index contributed by atoms with van der Waals surface area (Å²) in [5.41, 5.74) is 4.12. The van der Waals surface area contributed by atoms with Gasteiger partial charge in [0.2, 0.25) is 0 Å². The van der Waals surface area contributed by atoms with Gasteiger partial charge in [0.1, 0.15) is 0 Å². The summed E-state index contributed by atoms with van der Waals surface area (Å²) in [6.07, 6.45) is 7.56. The van der Waals surface area contributed by atoms with Crippen LogP contribution in [0.25, 0.3) is 0 Å². The topological polar surface area (TPSA) is 24.4 Å². The number of fused-ring (bicyclic) bond motifs is 1. The van der Waals surface area contributed by atoms with E-state index in [-0.39, 0.29) is 0 Å². The van der Waals surface area contributed by atoms with Gasteiger partial charge in [0.25, 0.3) is 0 Å². The van der Waals surface area contributed by atoms with Gasteiger partial charge in [-0.2, -0.15) is 0 Å². The number of hydrogen-bond acceptors (Lipinski definition) is 3. The average molecular weight is 302 g/mol. The van der Waals surface area contributed by atoms with E-state index in [1.165, 1.54) is 48.3 Å². The second-order valence-electron chi connectivity index (χ2n) is 6.14. The lowest BCUT2D eigenvalue weighted by atomic mass is 9.86. The fourth-order valence-corrected chi connectivity index (χ4v) is 4.65. The highest BCUT2D eigenvalue weighted by molar-refractivity contribution is 8.14. The molecule has 114 valence electrons. The van der Waals surface area contributed by atoms with Crippen molar-refractivity contribution in [3.8, 4) is 0 Å². The molecule has 1 aromatic rings. The van der Waals surface area contributed by atoms with Gasteiger partial charge in [0.05, 0.1) is 6.04 Å². The number of aliphatic imine (C=N–C) groups is 1. The molecule has 0 spiro atoms. The first-order chi connectivity index (χ1) is 10.3. The summed E-state index contributed by atoms with van der Waals surface area (Å²) in [6.45, 7) is 4.46. The SMILES string of the molecule is CCc1cccc(CC)c1NC1=NC2CCCCC2CS1. The van der Waals surface area contributed by atoms with E-state index in [1.54, 1.807) is 0 Å². The molecule has 2 nitrogen and oxygen atoms in total. The van der Waals surface area contributed by atoms with Crippen LogP contribution in [0.15, 0.2) is 23.2 Å². The Morgan fingerprint density at radius 2 is 1.86 bits per heavy atom. The molecule has 0 bridgehead atoms. The fourth-order valence-electron chi connectivity index (χ4n) is 3.50. The first-order valence-electron chi connectivity index (χ1n) is 8.40. The highest BCUT2D eigenvalue weighted by Gasteiger charge is 2.29. The summed E-state index contributed by atoms with van der Waals surface area (Å²) in [6, 6.07) is 7.22. The summed E-state index contributed by atoms with van der Waals surface area (Å²) in [7, 11) is 0. The van der Waals surface area contributed by atoms with Crippen molar-refractivity contribution in [3.05, 3.63) is 29.3 Å². The van der Waals surface area contributed by atoms with Gasteiger partial charge in [-0.3, -0.25) is 4.99 Å². The minimum atomic E-state index is 0.571. The lowest BCUT2D eigenvalue weighted by molar-refractivity contribution is 0.336. The summed E-state index contributed by atoms with van der Waals surface area (Å²) in [5, 5.41) is 4.81. The summed E-state index contributed by atoms with van der Waals surface area (Å²) < 4.78 is 0. The van der Waals surface area contributed by atoms with Crippen molar-refractivity contribution in [1.29, 1.82) is 0 Å². The number of benzene rings is 1. The van der Waals surface area contributed by atoms with E-state index < -0.39 is 0 Å². The van der Waals surface area contributed by atoms with Crippen LogP contribution in [-0.4, -0.2) is 17.0 Å². The van der Waals surface area contributed by atoms with Crippen LogP contribution in [-0.2, 0) is 12.8 Å². The summed E-state index contributed by atoms with van der Waals surface area (Å²) in [4.78, 5) is 5.02. The molecule has 1 aliphatic carbocycles. The number of rotatable bonds is 3. The second-order valence-corrected chi connectivity index (χ2v) is 7.15. The highest BCUT2D eigenvalue weighted by atomic mass is 32.2. The van der Waals surface area contributed by atoms with Crippen molar-refractivity contribution in [2.75, 3.05) is 11.1 Å². The van der Waals surface area contributed by atoms with Gasteiger partial charge >= 0.3 is 0 Å². The zero-order valence-corrected chi connectivity index (χ0v) is 14.0. The van der Waals surface area contributed by atoms with Crippen molar-refractivity contribution in [2.45, 2.75) is 58.4 Å². The predicted octanol–water partition coefficient (Wildman–Crippen LogP) is 4.88. The molecule has 1 N–H and O–H groups in total. The van der Waals surface area contributed by atoms with Crippen LogP contribution in [0.2, 0.25) is 0 Å². The van der Waals surface area contributed by atoms with E-state index in [0.717, 1.165) is 23.9 Å². The number of thioether (sulfide) groups is 1. The van der Waals surface area contributed by atoms with Gasteiger partial charge in [0.15, 0.2) is 5.17 Å². The Bertz CT molecular complexity index is 502. The van der Waals surface area contributed by atoms with Crippen molar-refractivity contribution >= 4 is 22.6 Å². The normalized spacial score (nSPS) is 25.1. The van der Waals surface area contributed by atoms with E-state index in [4.69, 9.17) is 4.99 Å². The Balaban J connectivity index is 1.82. The number of hydrogen-bond donors (Lipinski definition) is 1. The van der Waals surface area contributed by atoms with Crippen LogP contribution in [0, 0.1) is 5.92 Å². The number of aryl methyl sites for hydroxylation is 2. The zero-order valence-electron chi connectivity index (χ0n) is 13.2. The second kappa shape index (κ2) is 6.87. The quantitative estimate of drug-likeness (QED) is 0.860. The van der Waals surface area contributed by atoms with Crippen molar-refractivity contribution in [1.82, 2.24) is 0 Å². The monoisotopic (exact) mass is 302 g/mol. The minimum Gasteiger partial charge on any atom is -0.335 e. The van der Waals surface area contributed by atoms with Gasteiger partial charge in [-0.15, -0.1) is 0 Å². The standard InChI is InChI=1S/C18H26N2S/c1-3-13-9-7-10-14(4-2)17(13)20-18-19-16-11-6-5-8-15(16)12-21-18/h7,9-10,15-16H,3-6,8,11-12H2,1-2H3,(H,19,20). The molecule has 0 radical (unpaired) electrons. The maximum Gasteiger partial charge on any atom is 0.161 e. The third-order valence-corrected chi connectivity index (χ3v) is 5.89. The molecule has 0 saturated heterocycles. The zero-order chi connectivity index (χ0) is 14.7. The van der Waals surface area contributed by atoms with Crippen molar-refractivity contribution in [2.24, 2.45) is 10.9 Å². The summed E-state index contributed by atoms with van der Waals surface area (Å²) in [5.74, 6) is 2.06. The number of anilines is 1. The lowest BCUT2D eigenvalue weighted by Gasteiger charge is -2.33. The van der Waals surface area contributed by atoms with Crippen LogP contribution < -0.4 is 5.32 Å². The smallest absolute Gasteiger partial charge is 0.161 e. The molecule has 3 rings (SSSR count). The van der Waals surface area contributed by atoms with Gasteiger partial charge in [0, 0.05) is 11.4 Å². The minimum absolute atomic E-state index is 0.571. The van der Waals surface area contributed by atoms with Gasteiger partial charge < -0.3 is 5.32 Å². The Labute approximate surface area is 132 Å². The van der Waals surface area contributed by atoms with Crippen LogP contribution >= 0.6 is 11.8 Å². The fraction of sp³-hybridized carbons (Fsp3) is 0.611. The van der Waals surface area contributed by atoms with Gasteiger partial charge in [-0.05, 0) is 42.7 Å². The Morgan fingerprint density at radius 3 is 2.57 bits per heavy atom. The number of amidine groups is 1. The third-order valence-electron chi connectivity index (χ3n) is 4.82. The van der Waals surface area contributed by atoms with Gasteiger partial charge in [-0.1, -0.05) is 56.7 Å². The summed E-state index contributed by atoms with van der Waals surface area (Å²) >= 11 is 1.92. The molecule has 1 fully saturated rings. The first-order valence-corrected chi connectivity index (χ1v) is 9.38. The molecular formula is C18H26N2S. The molecule has 1 heterocycles. The van der Waals surface area contributed by atoms with Crippen LogP contribution in [0.3, 0.4) is 0 Å². The van der Waals surface area contributed by atoms with E-state index >= 15 is 0 Å². The predicted molar refractivity (Wildman–Crippen MR) is 94.5 cm³/mol. The molecule has 1 aromatic carbocycles. The van der Waals surface area contributed by atoms with Crippen LogP contribution in [0.4, 0.5) is 5.69 Å². The van der Waals surface area contributed by atoms with E-state index in [0.29, 0.717) is 6.04 Å². The van der Waals surface area contributed by atoms with Crippen molar-refractivity contribution in [3.63, 3.8) is 0 Å². The molecule has 0 amide bonds.